The smallest absolute Gasteiger partial charge is 0.326 e. The number of rotatable bonds is 14. The maximum atomic E-state index is 11.6. The lowest BCUT2D eigenvalue weighted by Crippen LogP contribution is -2.52. The molecule has 0 saturated carbocycles. The number of aliphatic hydroxyl groups is 2. The van der Waals surface area contributed by atoms with E-state index in [2.05, 4.69) is 20.6 Å². The molecule has 0 saturated heterocycles. The minimum Gasteiger partial charge on any atom is -0.481 e. The van der Waals surface area contributed by atoms with Crippen molar-refractivity contribution >= 4 is 29.2 Å². The van der Waals surface area contributed by atoms with E-state index in [1.54, 1.807) is 19.2 Å². The highest BCUT2D eigenvalue weighted by Gasteiger charge is 2.32. The minimum absolute atomic E-state index is 0.0337. The molecular formula is C32H34Cl2N4O6. The average Bonchev–Trinajstić information content (AvgIpc) is 3.04. The third-order valence-corrected chi connectivity index (χ3v) is 7.98. The zero-order valence-corrected chi connectivity index (χ0v) is 26.0. The fraction of sp³-hybridized carbons (Fsp3) is 0.281. The molecule has 4 rings (SSSR count). The summed E-state index contributed by atoms with van der Waals surface area (Å²) in [7, 11) is 3.03. The van der Waals surface area contributed by atoms with Crippen LogP contribution in [0.4, 0.5) is 0 Å². The monoisotopic (exact) mass is 640 g/mol. The lowest BCUT2D eigenvalue weighted by atomic mass is 9.98. The van der Waals surface area contributed by atoms with Crippen molar-refractivity contribution in [3.05, 3.63) is 81.8 Å². The Morgan fingerprint density at radius 2 is 1.27 bits per heavy atom. The molecule has 2 heterocycles. The summed E-state index contributed by atoms with van der Waals surface area (Å²) in [5, 5.41) is 34.9. The van der Waals surface area contributed by atoms with Crippen molar-refractivity contribution < 1.29 is 29.6 Å². The molecule has 10 nitrogen and oxygen atoms in total. The molecule has 232 valence electrons. The van der Waals surface area contributed by atoms with Crippen molar-refractivity contribution in [2.45, 2.75) is 25.6 Å². The van der Waals surface area contributed by atoms with Crippen LogP contribution in [0.3, 0.4) is 0 Å². The van der Waals surface area contributed by atoms with Gasteiger partial charge in [0.05, 0.1) is 48.9 Å². The molecule has 2 aromatic carbocycles. The molecule has 0 unspecified atom stereocenters. The Morgan fingerprint density at radius 1 is 0.795 bits per heavy atom. The van der Waals surface area contributed by atoms with Crippen LogP contribution in [0.2, 0.25) is 10.0 Å². The van der Waals surface area contributed by atoms with E-state index in [4.69, 9.17) is 37.8 Å². The number of aliphatic carboxylic acids is 1. The number of nitrogens with zero attached hydrogens (tertiary/aromatic N) is 2. The number of nitrogens with one attached hydrogen (secondary N) is 2. The normalized spacial score (nSPS) is 12.5. The van der Waals surface area contributed by atoms with Crippen molar-refractivity contribution in [1.82, 2.24) is 20.6 Å². The first kappa shape index (κ1) is 33.1. The van der Waals surface area contributed by atoms with Gasteiger partial charge in [0.15, 0.2) is 0 Å². The number of halogens is 2. The van der Waals surface area contributed by atoms with E-state index in [0.29, 0.717) is 68.2 Å². The molecule has 0 aliphatic rings. The van der Waals surface area contributed by atoms with Gasteiger partial charge < -0.3 is 30.1 Å². The van der Waals surface area contributed by atoms with E-state index in [-0.39, 0.29) is 19.0 Å². The topological polar surface area (TPSA) is 146 Å². The van der Waals surface area contributed by atoms with E-state index >= 15 is 0 Å². The molecule has 0 fully saturated rings. The number of pyridine rings is 2. The van der Waals surface area contributed by atoms with Crippen LogP contribution in [-0.2, 0) is 17.9 Å². The van der Waals surface area contributed by atoms with Crippen LogP contribution in [0.1, 0.15) is 18.1 Å². The maximum absolute atomic E-state index is 11.6. The van der Waals surface area contributed by atoms with Crippen molar-refractivity contribution in [3.63, 3.8) is 0 Å². The number of carbonyl (C=O) groups is 1. The van der Waals surface area contributed by atoms with Crippen LogP contribution in [0.5, 0.6) is 11.8 Å². The molecule has 0 amide bonds. The van der Waals surface area contributed by atoms with E-state index in [1.165, 1.54) is 14.0 Å². The predicted octanol–water partition coefficient (Wildman–Crippen LogP) is 4.81. The number of ether oxygens (including phenoxy) is 2. The highest BCUT2D eigenvalue weighted by molar-refractivity contribution is 6.39. The van der Waals surface area contributed by atoms with Crippen LogP contribution in [0.15, 0.2) is 60.7 Å². The highest BCUT2D eigenvalue weighted by Crippen LogP contribution is 2.42. The Labute approximate surface area is 265 Å². The largest absolute Gasteiger partial charge is 0.481 e. The first-order valence-corrected chi connectivity index (χ1v) is 14.5. The molecule has 5 N–H and O–H groups in total. The van der Waals surface area contributed by atoms with Gasteiger partial charge in [0.1, 0.15) is 5.54 Å². The van der Waals surface area contributed by atoms with Gasteiger partial charge in [-0.3, -0.25) is 10.1 Å². The van der Waals surface area contributed by atoms with Gasteiger partial charge in [0.25, 0.3) is 0 Å². The van der Waals surface area contributed by atoms with Crippen LogP contribution < -0.4 is 20.1 Å². The van der Waals surface area contributed by atoms with Gasteiger partial charge in [-0.05, 0) is 19.1 Å². The fourth-order valence-electron chi connectivity index (χ4n) is 4.53. The second-order valence-electron chi connectivity index (χ2n) is 10.1. The third-order valence-electron chi connectivity index (χ3n) is 7.17. The summed E-state index contributed by atoms with van der Waals surface area (Å²) in [6, 6.07) is 18.5. The molecule has 0 radical (unpaired) electrons. The lowest BCUT2D eigenvalue weighted by molar-refractivity contribution is -0.145. The standard InChI is InChI=1S/C32H34Cl2N4O6/c1-32(18-40,31(41)42)36-17-20-11-13-26(38-30(20)44-3)24-9-5-7-22(28(24)34)21-6-4-8-23(27(21)33)25-12-10-19(16-35-14-15-39)29(37-25)43-2/h4-13,35-36,39-40H,14-18H2,1-3H3,(H,41,42)/t32-/m0/s1. The second-order valence-corrected chi connectivity index (χ2v) is 10.9. The number of aliphatic hydroxyl groups excluding tert-OH is 2. The summed E-state index contributed by atoms with van der Waals surface area (Å²) in [5.41, 5.74) is 3.86. The number of carboxylic acids is 1. The predicted molar refractivity (Wildman–Crippen MR) is 170 cm³/mol. The van der Waals surface area contributed by atoms with E-state index in [9.17, 15) is 15.0 Å². The number of carboxylic acid groups (broad SMARTS) is 1. The average molecular weight is 642 g/mol. The zero-order valence-electron chi connectivity index (χ0n) is 24.5. The van der Waals surface area contributed by atoms with Crippen molar-refractivity contribution in [2.75, 3.05) is 34.0 Å². The van der Waals surface area contributed by atoms with Crippen LogP contribution in [-0.4, -0.2) is 70.8 Å². The van der Waals surface area contributed by atoms with E-state index < -0.39 is 18.1 Å². The summed E-state index contributed by atoms with van der Waals surface area (Å²) < 4.78 is 11.0. The van der Waals surface area contributed by atoms with E-state index in [1.807, 2.05) is 48.5 Å². The van der Waals surface area contributed by atoms with Crippen molar-refractivity contribution in [3.8, 4) is 45.4 Å². The number of aromatic nitrogens is 2. The van der Waals surface area contributed by atoms with Gasteiger partial charge in [-0.1, -0.05) is 71.7 Å². The summed E-state index contributed by atoms with van der Waals surface area (Å²) in [6.45, 7) is 1.91. The molecule has 0 bridgehead atoms. The molecule has 2 aromatic heterocycles. The second kappa shape index (κ2) is 14.8. The fourth-order valence-corrected chi connectivity index (χ4v) is 5.18. The van der Waals surface area contributed by atoms with Gasteiger partial charge >= 0.3 is 5.97 Å². The van der Waals surface area contributed by atoms with Gasteiger partial charge in [0.2, 0.25) is 11.8 Å². The first-order valence-electron chi connectivity index (χ1n) is 13.7. The molecule has 12 heteroatoms. The molecule has 0 spiro atoms. The number of hydrogen-bond acceptors (Lipinski definition) is 9. The molecule has 0 aliphatic carbocycles. The quantitative estimate of drug-likeness (QED) is 0.122. The Hall–Kier alpha value is -3.77. The van der Waals surface area contributed by atoms with Gasteiger partial charge in [-0.25, -0.2) is 9.97 Å². The Kier molecular flexibility index (Phi) is 11.1. The van der Waals surface area contributed by atoms with Gasteiger partial charge in [0, 0.05) is 53.0 Å². The van der Waals surface area contributed by atoms with Crippen LogP contribution in [0, 0.1) is 0 Å². The Morgan fingerprint density at radius 3 is 1.70 bits per heavy atom. The highest BCUT2D eigenvalue weighted by atomic mass is 35.5. The SMILES string of the molecule is COc1nc(-c2cccc(-c3cccc(-c4ccc(CN[C@@](C)(CO)C(=O)O)c(OC)n4)c3Cl)c2Cl)ccc1CNCCO. The number of hydrogen-bond donors (Lipinski definition) is 5. The lowest BCUT2D eigenvalue weighted by Gasteiger charge is -2.24. The number of methoxy groups -OCH3 is 2. The Balaban J connectivity index is 1.67. The molecular weight excluding hydrogens is 607 g/mol. The first-order chi connectivity index (χ1) is 21.2. The third kappa shape index (κ3) is 7.13. The number of benzene rings is 2. The van der Waals surface area contributed by atoms with Crippen LogP contribution >= 0.6 is 23.2 Å². The Bertz CT molecular complexity index is 1640. The van der Waals surface area contributed by atoms with Crippen molar-refractivity contribution in [1.29, 1.82) is 0 Å². The molecule has 1 atom stereocenters. The summed E-state index contributed by atoms with van der Waals surface area (Å²) in [4.78, 5) is 20.9. The maximum Gasteiger partial charge on any atom is 0.326 e. The van der Waals surface area contributed by atoms with E-state index in [0.717, 1.165) is 5.56 Å². The summed E-state index contributed by atoms with van der Waals surface area (Å²) >= 11 is 14.0. The molecule has 0 aliphatic heterocycles. The molecule has 4 aromatic rings. The van der Waals surface area contributed by atoms with Gasteiger partial charge in [-0.15, -0.1) is 0 Å². The molecule has 44 heavy (non-hydrogen) atoms. The van der Waals surface area contributed by atoms with Crippen molar-refractivity contribution in [2.24, 2.45) is 0 Å². The zero-order chi connectivity index (χ0) is 31.9. The summed E-state index contributed by atoms with van der Waals surface area (Å²) in [5.74, 6) is -0.428. The summed E-state index contributed by atoms with van der Waals surface area (Å²) in [6.07, 6.45) is 0. The van der Waals surface area contributed by atoms with Crippen LogP contribution in [0.25, 0.3) is 33.6 Å². The van der Waals surface area contributed by atoms with Gasteiger partial charge in [-0.2, -0.15) is 0 Å². The minimum atomic E-state index is -1.52.